The zero-order chi connectivity index (χ0) is 15.8. The smallest absolute Gasteiger partial charge is 0.326 e. The lowest BCUT2D eigenvalue weighted by atomic mass is 10.0. The number of rotatable bonds is 8. The maximum absolute atomic E-state index is 11.8. The number of benzene rings is 1. The summed E-state index contributed by atoms with van der Waals surface area (Å²) in [5, 5.41) is 11.4. The number of hydrogen-bond acceptors (Lipinski definition) is 4. The Morgan fingerprint density at radius 2 is 1.86 bits per heavy atom. The van der Waals surface area contributed by atoms with E-state index < -0.39 is 29.7 Å². The van der Waals surface area contributed by atoms with Crippen molar-refractivity contribution in [2.24, 2.45) is 5.73 Å². The predicted octanol–water partition coefficient (Wildman–Crippen LogP) is 0.495. The molecular formula is C15H20N2O4. The van der Waals surface area contributed by atoms with Crippen LogP contribution in [0.5, 0.6) is 0 Å². The van der Waals surface area contributed by atoms with Gasteiger partial charge < -0.3 is 16.2 Å². The Morgan fingerprint density at radius 1 is 1.24 bits per heavy atom. The number of carboxylic acids is 1. The first-order valence-electron chi connectivity index (χ1n) is 6.82. The summed E-state index contributed by atoms with van der Waals surface area (Å²) in [5.41, 5.74) is 6.33. The molecular weight excluding hydrogens is 272 g/mol. The topological polar surface area (TPSA) is 109 Å². The van der Waals surface area contributed by atoms with Crippen LogP contribution in [0, 0.1) is 0 Å². The van der Waals surface area contributed by atoms with Gasteiger partial charge in [-0.1, -0.05) is 43.7 Å². The van der Waals surface area contributed by atoms with Crippen molar-refractivity contribution in [2.75, 3.05) is 0 Å². The van der Waals surface area contributed by atoms with Gasteiger partial charge in [0.2, 0.25) is 5.78 Å². The second-order valence-electron chi connectivity index (χ2n) is 4.81. The molecule has 0 heterocycles. The molecule has 0 saturated carbocycles. The summed E-state index contributed by atoms with van der Waals surface area (Å²) in [6, 6.07) is 6.83. The third-order valence-corrected chi connectivity index (χ3v) is 3.05. The summed E-state index contributed by atoms with van der Waals surface area (Å²) in [6.45, 7) is 1.85. The summed E-state index contributed by atoms with van der Waals surface area (Å²) >= 11 is 0. The Balaban J connectivity index is 2.68. The number of ketones is 1. The van der Waals surface area contributed by atoms with E-state index in [9.17, 15) is 14.4 Å². The minimum atomic E-state index is -1.19. The molecule has 1 aromatic carbocycles. The molecule has 1 unspecified atom stereocenters. The zero-order valence-electron chi connectivity index (χ0n) is 11.9. The Hall–Kier alpha value is -2.21. The van der Waals surface area contributed by atoms with Crippen molar-refractivity contribution in [2.45, 2.75) is 38.3 Å². The van der Waals surface area contributed by atoms with Gasteiger partial charge in [0.1, 0.15) is 6.04 Å². The molecule has 6 heteroatoms. The van der Waals surface area contributed by atoms with E-state index in [1.165, 1.54) is 0 Å². The molecule has 0 saturated heterocycles. The first-order chi connectivity index (χ1) is 9.95. The number of amides is 1. The maximum atomic E-state index is 11.8. The molecule has 114 valence electrons. The lowest BCUT2D eigenvalue weighted by Crippen LogP contribution is -2.49. The van der Waals surface area contributed by atoms with Gasteiger partial charge in [-0.05, 0) is 12.0 Å². The van der Waals surface area contributed by atoms with E-state index >= 15 is 0 Å². The number of Topliss-reactive ketones (excluding diaryl/α,β-unsaturated/α-hetero) is 1. The highest BCUT2D eigenvalue weighted by atomic mass is 16.4. The van der Waals surface area contributed by atoms with Crippen molar-refractivity contribution in [3.05, 3.63) is 35.9 Å². The third-order valence-electron chi connectivity index (χ3n) is 3.05. The first kappa shape index (κ1) is 16.8. The van der Waals surface area contributed by atoms with Gasteiger partial charge in [0.25, 0.3) is 5.91 Å². The second-order valence-corrected chi connectivity index (χ2v) is 4.81. The number of nitrogens with one attached hydrogen (secondary N) is 1. The largest absolute Gasteiger partial charge is 0.480 e. The van der Waals surface area contributed by atoms with Crippen LogP contribution in [-0.4, -0.2) is 34.8 Å². The zero-order valence-corrected chi connectivity index (χ0v) is 11.9. The number of aliphatic carboxylic acids is 1. The number of carboxylic acid groups (broad SMARTS) is 1. The van der Waals surface area contributed by atoms with Gasteiger partial charge >= 0.3 is 5.97 Å². The second kappa shape index (κ2) is 8.16. The molecule has 1 rings (SSSR count). The Labute approximate surface area is 123 Å². The van der Waals surface area contributed by atoms with Crippen molar-refractivity contribution >= 4 is 17.7 Å². The van der Waals surface area contributed by atoms with Crippen LogP contribution in [0.4, 0.5) is 0 Å². The lowest BCUT2D eigenvalue weighted by Gasteiger charge is -2.15. The summed E-state index contributed by atoms with van der Waals surface area (Å²) in [7, 11) is 0. The van der Waals surface area contributed by atoms with E-state index in [1.807, 2.05) is 13.0 Å². The summed E-state index contributed by atoms with van der Waals surface area (Å²) < 4.78 is 0. The van der Waals surface area contributed by atoms with Crippen LogP contribution >= 0.6 is 0 Å². The number of hydrogen-bond donors (Lipinski definition) is 3. The summed E-state index contributed by atoms with van der Waals surface area (Å²) in [5.74, 6) is -2.92. The normalized spacial score (nSPS) is 13.2. The highest BCUT2D eigenvalue weighted by Gasteiger charge is 2.26. The molecule has 0 aromatic heterocycles. The molecule has 2 atom stereocenters. The van der Waals surface area contributed by atoms with Gasteiger partial charge in [-0.2, -0.15) is 0 Å². The van der Waals surface area contributed by atoms with E-state index in [0.717, 1.165) is 5.56 Å². The van der Waals surface area contributed by atoms with Crippen LogP contribution < -0.4 is 11.1 Å². The fourth-order valence-electron chi connectivity index (χ4n) is 1.89. The molecule has 0 bridgehead atoms. The molecule has 0 aliphatic rings. The molecule has 21 heavy (non-hydrogen) atoms. The third kappa shape index (κ3) is 5.35. The number of carbonyl (C=O) groups excluding carboxylic acids is 2. The molecule has 0 spiro atoms. The predicted molar refractivity (Wildman–Crippen MR) is 77.6 cm³/mol. The van der Waals surface area contributed by atoms with Gasteiger partial charge in [-0.25, -0.2) is 4.79 Å². The Morgan fingerprint density at radius 3 is 2.38 bits per heavy atom. The first-order valence-corrected chi connectivity index (χ1v) is 6.82. The van der Waals surface area contributed by atoms with Crippen LogP contribution in [0.15, 0.2) is 30.3 Å². The van der Waals surface area contributed by atoms with Crippen LogP contribution in [0.3, 0.4) is 0 Å². The molecule has 6 nitrogen and oxygen atoms in total. The quantitative estimate of drug-likeness (QED) is 0.604. The average Bonchev–Trinajstić information content (AvgIpc) is 2.46. The molecule has 0 aliphatic carbocycles. The van der Waals surface area contributed by atoms with E-state index in [4.69, 9.17) is 10.8 Å². The summed E-state index contributed by atoms with van der Waals surface area (Å²) in [6.07, 6.45) is 1.17. The molecule has 0 fully saturated rings. The number of carbonyl (C=O) groups is 3. The molecule has 0 aliphatic heterocycles. The molecule has 0 radical (unpaired) electrons. The van der Waals surface area contributed by atoms with Crippen LogP contribution in [-0.2, 0) is 20.8 Å². The van der Waals surface area contributed by atoms with E-state index in [1.54, 1.807) is 24.3 Å². The Bertz CT molecular complexity index is 502. The van der Waals surface area contributed by atoms with E-state index in [0.29, 0.717) is 12.8 Å². The van der Waals surface area contributed by atoms with Gasteiger partial charge in [-0.3, -0.25) is 9.59 Å². The SMILES string of the molecule is CCCC(N)C(=O)C(=O)N[C@@H](Cc1ccccc1)C(=O)O. The molecule has 4 N–H and O–H groups in total. The van der Waals surface area contributed by atoms with Crippen LogP contribution in [0.1, 0.15) is 25.3 Å². The van der Waals surface area contributed by atoms with Crippen LogP contribution in [0.2, 0.25) is 0 Å². The van der Waals surface area contributed by atoms with Crippen molar-refractivity contribution in [3.8, 4) is 0 Å². The lowest BCUT2D eigenvalue weighted by molar-refractivity contribution is -0.144. The molecule has 1 amide bonds. The van der Waals surface area contributed by atoms with Crippen molar-refractivity contribution in [1.29, 1.82) is 0 Å². The fourth-order valence-corrected chi connectivity index (χ4v) is 1.89. The van der Waals surface area contributed by atoms with Gasteiger partial charge in [0.15, 0.2) is 0 Å². The highest BCUT2D eigenvalue weighted by molar-refractivity contribution is 6.38. The van der Waals surface area contributed by atoms with Crippen molar-refractivity contribution in [3.63, 3.8) is 0 Å². The van der Waals surface area contributed by atoms with Gasteiger partial charge in [0, 0.05) is 6.42 Å². The minimum absolute atomic E-state index is 0.109. The summed E-state index contributed by atoms with van der Waals surface area (Å²) in [4.78, 5) is 34.7. The maximum Gasteiger partial charge on any atom is 0.326 e. The fraction of sp³-hybridized carbons (Fsp3) is 0.400. The highest BCUT2D eigenvalue weighted by Crippen LogP contribution is 2.04. The van der Waals surface area contributed by atoms with Crippen molar-refractivity contribution in [1.82, 2.24) is 5.32 Å². The average molecular weight is 292 g/mol. The Kier molecular flexibility index (Phi) is 6.55. The molecule has 1 aromatic rings. The minimum Gasteiger partial charge on any atom is -0.480 e. The van der Waals surface area contributed by atoms with Gasteiger partial charge in [-0.15, -0.1) is 0 Å². The van der Waals surface area contributed by atoms with E-state index in [-0.39, 0.29) is 6.42 Å². The standard InChI is InChI=1S/C15H20N2O4/c1-2-6-11(16)13(18)14(19)17-12(15(20)21)9-10-7-4-3-5-8-10/h3-5,7-8,11-12H,2,6,9,16H2,1H3,(H,17,19)(H,20,21)/t11?,12-/m0/s1. The number of nitrogens with two attached hydrogens (primary N) is 1. The van der Waals surface area contributed by atoms with Crippen molar-refractivity contribution < 1.29 is 19.5 Å². The van der Waals surface area contributed by atoms with E-state index in [2.05, 4.69) is 5.32 Å². The van der Waals surface area contributed by atoms with Crippen LogP contribution in [0.25, 0.3) is 0 Å². The monoisotopic (exact) mass is 292 g/mol. The van der Waals surface area contributed by atoms with Gasteiger partial charge in [0.05, 0.1) is 6.04 Å².